The number of aryl methyl sites for hydroxylation is 1. The summed E-state index contributed by atoms with van der Waals surface area (Å²) in [5, 5.41) is 0. The van der Waals surface area contributed by atoms with Crippen LogP contribution in [0.4, 0.5) is 0 Å². The number of rotatable bonds is 9. The molecular formula is C21H27NO5S. The number of esters is 1. The van der Waals surface area contributed by atoms with E-state index in [9.17, 15) is 13.2 Å². The number of benzene rings is 2. The summed E-state index contributed by atoms with van der Waals surface area (Å²) in [5.74, 6) is 0.0776. The normalized spacial score (nSPS) is 11.5. The van der Waals surface area contributed by atoms with Crippen LogP contribution in [0, 0.1) is 6.92 Å². The summed E-state index contributed by atoms with van der Waals surface area (Å²) in [4.78, 5) is 12.6. The first-order valence-electron chi connectivity index (χ1n) is 9.33. The Morgan fingerprint density at radius 3 is 2.36 bits per heavy atom. The minimum absolute atomic E-state index is 0.0427. The van der Waals surface area contributed by atoms with Gasteiger partial charge in [0.2, 0.25) is 10.0 Å². The molecule has 7 heteroatoms. The monoisotopic (exact) mass is 405 g/mol. The Labute approximate surface area is 167 Å². The highest BCUT2D eigenvalue weighted by Gasteiger charge is 2.25. The molecule has 0 saturated heterocycles. The first-order valence-corrected chi connectivity index (χ1v) is 10.8. The van der Waals surface area contributed by atoms with Gasteiger partial charge in [-0.2, -0.15) is 4.31 Å². The van der Waals surface area contributed by atoms with Crippen LogP contribution in [0.25, 0.3) is 0 Å². The molecule has 0 atom stereocenters. The second-order valence-electron chi connectivity index (χ2n) is 6.19. The van der Waals surface area contributed by atoms with Crippen LogP contribution in [0.15, 0.2) is 47.4 Å². The summed E-state index contributed by atoms with van der Waals surface area (Å²) in [6, 6.07) is 11.9. The van der Waals surface area contributed by atoms with Crippen molar-refractivity contribution in [3.8, 4) is 5.75 Å². The maximum Gasteiger partial charge on any atom is 0.338 e. The number of sulfonamides is 1. The molecule has 0 fully saturated rings. The van der Waals surface area contributed by atoms with E-state index in [1.807, 2.05) is 31.2 Å². The number of para-hydroxylation sites is 1. The summed E-state index contributed by atoms with van der Waals surface area (Å²) in [5.41, 5.74) is 1.54. The summed E-state index contributed by atoms with van der Waals surface area (Å²) < 4.78 is 38.0. The fraction of sp³-hybridized carbons (Fsp3) is 0.381. The van der Waals surface area contributed by atoms with E-state index >= 15 is 0 Å². The number of hydrogen-bond acceptors (Lipinski definition) is 5. The van der Waals surface area contributed by atoms with Gasteiger partial charge in [-0.15, -0.1) is 0 Å². The minimum Gasteiger partial charge on any atom is -0.493 e. The van der Waals surface area contributed by atoms with Gasteiger partial charge in [0, 0.05) is 18.7 Å². The van der Waals surface area contributed by atoms with Gasteiger partial charge in [-0.05, 0) is 37.6 Å². The second kappa shape index (κ2) is 9.71. The van der Waals surface area contributed by atoms with Crippen molar-refractivity contribution in [2.45, 2.75) is 39.2 Å². The topological polar surface area (TPSA) is 72.9 Å². The highest BCUT2D eigenvalue weighted by atomic mass is 32.2. The molecule has 0 heterocycles. The van der Waals surface area contributed by atoms with E-state index in [0.29, 0.717) is 31.0 Å². The van der Waals surface area contributed by atoms with Crippen LogP contribution in [-0.4, -0.2) is 38.4 Å². The zero-order valence-corrected chi connectivity index (χ0v) is 17.6. The van der Waals surface area contributed by atoms with Gasteiger partial charge in [0.15, 0.2) is 0 Å². The Balaban J connectivity index is 2.24. The third-order valence-corrected chi connectivity index (χ3v) is 6.57. The molecule has 2 rings (SSSR count). The molecule has 6 nitrogen and oxygen atoms in total. The molecule has 0 saturated carbocycles. The molecule has 0 radical (unpaired) electrons. The Hall–Kier alpha value is -2.38. The molecule has 0 aromatic heterocycles. The summed E-state index contributed by atoms with van der Waals surface area (Å²) in [7, 11) is -3.66. The van der Waals surface area contributed by atoms with E-state index < -0.39 is 16.0 Å². The van der Waals surface area contributed by atoms with E-state index in [4.69, 9.17) is 9.47 Å². The Bertz CT molecular complexity index is 920. The summed E-state index contributed by atoms with van der Waals surface area (Å²) >= 11 is 0. The smallest absolute Gasteiger partial charge is 0.338 e. The first-order chi connectivity index (χ1) is 13.3. The lowest BCUT2D eigenvalue weighted by atomic mass is 10.1. The first kappa shape index (κ1) is 21.9. The highest BCUT2D eigenvalue weighted by molar-refractivity contribution is 7.89. The van der Waals surface area contributed by atoms with Gasteiger partial charge in [0.25, 0.3) is 0 Å². The van der Waals surface area contributed by atoms with Crippen LogP contribution in [0.1, 0.15) is 42.3 Å². The standard InChI is InChI=1S/C21H27NO5S/c1-5-22(6-2)28(24,25)20-14-17(13-12-16(20)4)21(23)27-15-18-10-8-9-11-19(18)26-7-3/h8-14H,5-7,15H2,1-4H3. The molecule has 28 heavy (non-hydrogen) atoms. The lowest BCUT2D eigenvalue weighted by molar-refractivity contribution is 0.0469. The Morgan fingerprint density at radius 1 is 1.04 bits per heavy atom. The molecule has 0 spiro atoms. The minimum atomic E-state index is -3.66. The maximum absolute atomic E-state index is 12.8. The van der Waals surface area contributed by atoms with Crippen molar-refractivity contribution in [3.05, 3.63) is 59.2 Å². The predicted molar refractivity (Wildman–Crippen MR) is 108 cm³/mol. The van der Waals surface area contributed by atoms with Crippen molar-refractivity contribution < 1.29 is 22.7 Å². The van der Waals surface area contributed by atoms with Crippen LogP contribution < -0.4 is 4.74 Å². The second-order valence-corrected chi connectivity index (χ2v) is 8.09. The van der Waals surface area contributed by atoms with E-state index in [0.717, 1.165) is 5.56 Å². The number of hydrogen-bond donors (Lipinski definition) is 0. The van der Waals surface area contributed by atoms with Crippen LogP contribution in [0.5, 0.6) is 5.75 Å². The fourth-order valence-corrected chi connectivity index (χ4v) is 4.56. The molecule has 0 N–H and O–H groups in total. The van der Waals surface area contributed by atoms with Crippen molar-refractivity contribution >= 4 is 16.0 Å². The molecule has 0 bridgehead atoms. The number of ether oxygens (including phenoxy) is 2. The average molecular weight is 406 g/mol. The third-order valence-electron chi connectivity index (χ3n) is 4.38. The number of nitrogens with zero attached hydrogens (tertiary/aromatic N) is 1. The van der Waals surface area contributed by atoms with Crippen molar-refractivity contribution in [2.24, 2.45) is 0 Å². The van der Waals surface area contributed by atoms with Crippen molar-refractivity contribution in [3.63, 3.8) is 0 Å². The van der Waals surface area contributed by atoms with Crippen LogP contribution in [0.2, 0.25) is 0 Å². The maximum atomic E-state index is 12.8. The zero-order chi connectivity index (χ0) is 20.7. The van der Waals surface area contributed by atoms with Gasteiger partial charge in [0.1, 0.15) is 12.4 Å². The van der Waals surface area contributed by atoms with Gasteiger partial charge in [-0.25, -0.2) is 13.2 Å². The molecule has 0 aliphatic rings. The van der Waals surface area contributed by atoms with Gasteiger partial charge >= 0.3 is 5.97 Å². The average Bonchev–Trinajstić information content (AvgIpc) is 2.68. The lowest BCUT2D eigenvalue weighted by Crippen LogP contribution is -2.31. The SMILES string of the molecule is CCOc1ccccc1COC(=O)c1ccc(C)c(S(=O)(=O)N(CC)CC)c1. The van der Waals surface area contributed by atoms with E-state index in [2.05, 4.69) is 0 Å². The van der Waals surface area contributed by atoms with Crippen molar-refractivity contribution in [1.29, 1.82) is 0 Å². The molecule has 2 aromatic rings. The molecule has 0 aliphatic carbocycles. The van der Waals surface area contributed by atoms with Crippen LogP contribution in [0.3, 0.4) is 0 Å². The van der Waals surface area contributed by atoms with Crippen LogP contribution in [-0.2, 0) is 21.4 Å². The summed E-state index contributed by atoms with van der Waals surface area (Å²) in [6.45, 7) is 8.43. The molecule has 152 valence electrons. The number of carbonyl (C=O) groups excluding carboxylic acids is 1. The van der Waals surface area contributed by atoms with Crippen LogP contribution >= 0.6 is 0 Å². The summed E-state index contributed by atoms with van der Waals surface area (Å²) in [6.07, 6.45) is 0. The lowest BCUT2D eigenvalue weighted by Gasteiger charge is -2.20. The van der Waals surface area contributed by atoms with E-state index in [-0.39, 0.29) is 17.1 Å². The molecule has 2 aromatic carbocycles. The van der Waals surface area contributed by atoms with E-state index in [1.165, 1.54) is 10.4 Å². The van der Waals surface area contributed by atoms with Gasteiger partial charge < -0.3 is 9.47 Å². The molecule has 0 aliphatic heterocycles. The largest absolute Gasteiger partial charge is 0.493 e. The third kappa shape index (κ3) is 4.91. The molecular weight excluding hydrogens is 378 g/mol. The number of carbonyl (C=O) groups is 1. The van der Waals surface area contributed by atoms with Gasteiger partial charge in [-0.1, -0.05) is 38.1 Å². The zero-order valence-electron chi connectivity index (χ0n) is 16.8. The molecule has 0 amide bonds. The van der Waals surface area contributed by atoms with E-state index in [1.54, 1.807) is 32.9 Å². The Morgan fingerprint density at radius 2 is 1.71 bits per heavy atom. The van der Waals surface area contributed by atoms with Crippen molar-refractivity contribution in [1.82, 2.24) is 4.31 Å². The quantitative estimate of drug-likeness (QED) is 0.594. The Kier molecular flexibility index (Phi) is 7.60. The highest BCUT2D eigenvalue weighted by Crippen LogP contribution is 2.23. The molecule has 0 unspecified atom stereocenters. The van der Waals surface area contributed by atoms with Crippen molar-refractivity contribution in [2.75, 3.05) is 19.7 Å². The van der Waals surface area contributed by atoms with Gasteiger partial charge in [-0.3, -0.25) is 0 Å². The predicted octanol–water partition coefficient (Wildman–Crippen LogP) is 3.78. The van der Waals surface area contributed by atoms with Gasteiger partial charge in [0.05, 0.1) is 17.1 Å². The fourth-order valence-electron chi connectivity index (χ4n) is 2.85.